The molecule has 0 bridgehead atoms. The molecule has 344 valence electrons. The molecular weight excluding hydrogens is 907 g/mol. The Bertz CT molecular complexity index is 3770. The zero-order valence-electron chi connectivity index (χ0n) is 40.3. The number of hydrogen-bond donors (Lipinski definition) is 0. The Balaban J connectivity index is 1.05. The smallest absolute Gasteiger partial charge is 0.0796 e. The third kappa shape index (κ3) is 8.62. The van der Waals surface area contributed by atoms with E-state index in [-0.39, 0.29) is 12.0 Å². The van der Waals surface area contributed by atoms with Crippen LogP contribution < -0.4 is 31.8 Å². The molecule has 72 heavy (non-hydrogen) atoms. The van der Waals surface area contributed by atoms with Crippen molar-refractivity contribution in [2.45, 2.75) is 25.8 Å². The van der Waals surface area contributed by atoms with Gasteiger partial charge in [-0.15, -0.1) is 0 Å². The number of fused-ring (bicyclic) bond motifs is 4. The topological polar surface area (TPSA) is 24.7 Å². The van der Waals surface area contributed by atoms with E-state index in [2.05, 4.69) is 281 Å². The Morgan fingerprint density at radius 3 is 1.38 bits per heavy atom. The molecule has 0 fully saturated rings. The molecule has 2 nitrogen and oxygen atoms in total. The van der Waals surface area contributed by atoms with E-state index in [0.717, 1.165) is 22.7 Å². The molecule has 1 aliphatic carbocycles. The summed E-state index contributed by atoms with van der Waals surface area (Å²) >= 11 is 0. The van der Waals surface area contributed by atoms with Crippen molar-refractivity contribution in [1.29, 1.82) is 0 Å². The summed E-state index contributed by atoms with van der Waals surface area (Å²) < 4.78 is 0. The average molecular weight is 959 g/mol. The molecule has 12 rings (SSSR count). The number of hydrogen-bond acceptors (Lipinski definition) is 2. The van der Waals surface area contributed by atoms with Crippen LogP contribution in [-0.4, -0.2) is 17.5 Å². The summed E-state index contributed by atoms with van der Waals surface area (Å²) in [5.41, 5.74) is 8.98. The van der Waals surface area contributed by atoms with Gasteiger partial charge in [0, 0.05) is 17.0 Å². The fraction of sp³-hybridized carbons (Fsp3) is 0.0588. The molecule has 0 N–H and O–H groups in total. The van der Waals surface area contributed by atoms with E-state index in [4.69, 9.17) is 9.98 Å². The maximum Gasteiger partial charge on any atom is 0.0796 e. The van der Waals surface area contributed by atoms with Gasteiger partial charge in [-0.2, -0.15) is 0 Å². The first-order chi connectivity index (χ1) is 35.6. The lowest BCUT2D eigenvalue weighted by atomic mass is 9.77. The van der Waals surface area contributed by atoms with E-state index < -0.39 is 15.8 Å². The second-order valence-electron chi connectivity index (χ2n) is 18.5. The molecule has 2 atom stereocenters. The van der Waals surface area contributed by atoms with Crippen LogP contribution in [0.3, 0.4) is 0 Å². The van der Waals surface area contributed by atoms with Crippen molar-refractivity contribution in [1.82, 2.24) is 0 Å². The van der Waals surface area contributed by atoms with Crippen molar-refractivity contribution in [2.24, 2.45) is 9.98 Å². The maximum absolute atomic E-state index is 5.79. The predicted octanol–water partition coefficient (Wildman–Crippen LogP) is 15.1. The van der Waals surface area contributed by atoms with E-state index in [1.165, 1.54) is 86.4 Å². The van der Waals surface area contributed by atoms with Crippen LogP contribution >= 0.6 is 15.8 Å². The molecule has 0 spiro atoms. The van der Waals surface area contributed by atoms with E-state index in [0.29, 0.717) is 0 Å². The summed E-state index contributed by atoms with van der Waals surface area (Å²) in [5, 5.41) is 15.2. The Morgan fingerprint density at radius 2 is 0.806 bits per heavy atom. The molecule has 0 saturated carbocycles. The molecule has 0 radical (unpaired) electrons. The lowest BCUT2D eigenvalue weighted by Gasteiger charge is -2.33. The first-order valence-electron chi connectivity index (χ1n) is 24.8. The third-order valence-electron chi connectivity index (χ3n) is 14.2. The number of benzene rings is 11. The van der Waals surface area contributed by atoms with E-state index in [1.54, 1.807) is 0 Å². The van der Waals surface area contributed by atoms with E-state index >= 15 is 0 Å². The van der Waals surface area contributed by atoms with Gasteiger partial charge in [0.1, 0.15) is 0 Å². The number of aliphatic imine (C=N–C) groups is 2. The SMILES string of the molecule is CC(=Nc1ccc2ccccc2c1-c1c(P(c2ccccc2)c2ccccc2)ccc2ccccc12)C(C)=NC1C=Cc2ccccc2C1c1c(P(c2ccccc2)c2ccccc2)ccc2ccccc12. The molecule has 0 saturated heterocycles. The second-order valence-corrected chi connectivity index (χ2v) is 22.8. The van der Waals surface area contributed by atoms with Gasteiger partial charge in [0.2, 0.25) is 0 Å². The van der Waals surface area contributed by atoms with Gasteiger partial charge in [-0.05, 0) is 117 Å². The van der Waals surface area contributed by atoms with Gasteiger partial charge in [-0.1, -0.05) is 261 Å². The average Bonchev–Trinajstić information content (AvgIpc) is 3.44. The van der Waals surface area contributed by atoms with Crippen LogP contribution in [0.2, 0.25) is 0 Å². The van der Waals surface area contributed by atoms with Gasteiger partial charge in [-0.3, -0.25) is 9.98 Å². The molecule has 4 heteroatoms. The molecular formula is C68H52N2P2. The van der Waals surface area contributed by atoms with Crippen LogP contribution in [0, 0.1) is 0 Å². The summed E-state index contributed by atoms with van der Waals surface area (Å²) in [4.78, 5) is 11.5. The Hall–Kier alpha value is -7.86. The lowest BCUT2D eigenvalue weighted by Crippen LogP contribution is -2.30. The summed E-state index contributed by atoms with van der Waals surface area (Å²) in [5.74, 6) is -0.0582. The van der Waals surface area contributed by atoms with Crippen LogP contribution in [0.4, 0.5) is 5.69 Å². The zero-order valence-corrected chi connectivity index (χ0v) is 42.1. The standard InChI is InChI=1S/C68H52N2P2/c1-47(69-61-43-39-49-23-15-19-35-57(49)65(61)67-59-37-21-17-25-51(59)41-45-63(67)71(53-27-7-3-8-28-53)54-29-9-4-10-30-54)48(2)70-62-44-40-50-24-16-20-36-58(50)66(62)68-60-38-22-18-26-52(60)42-46-64(68)72(55-31-11-5-12-32-55)56-33-13-6-14-34-56/h3-46,61,65H,1-2H3. The van der Waals surface area contributed by atoms with E-state index in [9.17, 15) is 0 Å². The number of rotatable bonds is 11. The van der Waals surface area contributed by atoms with Crippen LogP contribution in [0.1, 0.15) is 36.5 Å². The van der Waals surface area contributed by atoms with Crippen LogP contribution in [-0.2, 0) is 0 Å². The van der Waals surface area contributed by atoms with Gasteiger partial charge in [0.15, 0.2) is 0 Å². The predicted molar refractivity (Wildman–Crippen MR) is 315 cm³/mol. The minimum absolute atomic E-state index is 0.0582. The minimum atomic E-state index is -0.953. The third-order valence-corrected chi connectivity index (χ3v) is 19.1. The lowest BCUT2D eigenvalue weighted by molar-refractivity contribution is 0.703. The normalized spacial score (nSPS) is 14.9. The molecule has 11 aromatic rings. The molecule has 0 amide bonds. The van der Waals surface area contributed by atoms with Crippen LogP contribution in [0.25, 0.3) is 49.5 Å². The number of nitrogens with zero attached hydrogens (tertiary/aromatic N) is 2. The highest BCUT2D eigenvalue weighted by molar-refractivity contribution is 7.80. The van der Waals surface area contributed by atoms with Crippen molar-refractivity contribution in [2.75, 3.05) is 0 Å². The van der Waals surface area contributed by atoms with Crippen molar-refractivity contribution < 1.29 is 0 Å². The van der Waals surface area contributed by atoms with Crippen molar-refractivity contribution in [3.8, 4) is 11.1 Å². The van der Waals surface area contributed by atoms with E-state index in [1.807, 2.05) is 0 Å². The Labute approximate surface area is 425 Å². The van der Waals surface area contributed by atoms with Gasteiger partial charge in [-0.25, -0.2) is 0 Å². The van der Waals surface area contributed by atoms with Crippen molar-refractivity contribution in [3.05, 3.63) is 278 Å². The minimum Gasteiger partial charge on any atom is -0.280 e. The quantitative estimate of drug-likeness (QED) is 0.0912. The molecule has 2 unspecified atom stereocenters. The Kier molecular flexibility index (Phi) is 12.6. The zero-order chi connectivity index (χ0) is 48.4. The highest BCUT2D eigenvalue weighted by atomic mass is 31.1. The van der Waals surface area contributed by atoms with Crippen LogP contribution in [0.5, 0.6) is 0 Å². The van der Waals surface area contributed by atoms with Gasteiger partial charge in [0.25, 0.3) is 0 Å². The first-order valence-corrected chi connectivity index (χ1v) is 27.5. The molecule has 0 aliphatic heterocycles. The highest BCUT2D eigenvalue weighted by Gasteiger charge is 2.34. The fourth-order valence-corrected chi connectivity index (χ4v) is 15.8. The van der Waals surface area contributed by atoms with Crippen molar-refractivity contribution >= 4 is 103 Å². The molecule has 0 heterocycles. The first kappa shape index (κ1) is 45.3. The monoisotopic (exact) mass is 958 g/mol. The van der Waals surface area contributed by atoms with Gasteiger partial charge >= 0.3 is 0 Å². The van der Waals surface area contributed by atoms with Crippen molar-refractivity contribution in [3.63, 3.8) is 0 Å². The van der Waals surface area contributed by atoms with Gasteiger partial charge < -0.3 is 0 Å². The Morgan fingerprint density at radius 1 is 0.375 bits per heavy atom. The summed E-state index contributed by atoms with van der Waals surface area (Å²) in [6, 6.07) is 93.5. The fourth-order valence-electron chi connectivity index (χ4n) is 10.8. The summed E-state index contributed by atoms with van der Waals surface area (Å²) in [6.07, 6.45) is 4.62. The highest BCUT2D eigenvalue weighted by Crippen LogP contribution is 2.47. The molecule has 0 aromatic heterocycles. The molecule has 1 aliphatic rings. The summed E-state index contributed by atoms with van der Waals surface area (Å²) in [6.45, 7) is 4.30. The second kappa shape index (κ2) is 20.1. The summed E-state index contributed by atoms with van der Waals surface area (Å²) in [7, 11) is -1.88. The molecule has 11 aromatic carbocycles. The van der Waals surface area contributed by atoms with Crippen LogP contribution in [0.15, 0.2) is 271 Å². The van der Waals surface area contributed by atoms with Gasteiger partial charge in [0.05, 0.1) is 23.2 Å². The largest absolute Gasteiger partial charge is 0.280 e. The maximum atomic E-state index is 5.79.